The maximum absolute atomic E-state index is 8.80. The fourth-order valence-corrected chi connectivity index (χ4v) is 12.0. The van der Waals surface area contributed by atoms with Crippen LogP contribution in [0.25, 0.3) is 70.7 Å². The van der Waals surface area contributed by atoms with Crippen LogP contribution in [0.2, 0.25) is 17.3 Å². The number of thiophene rings is 1. The van der Waals surface area contributed by atoms with Crippen molar-refractivity contribution in [2.24, 2.45) is 5.41 Å². The fourth-order valence-electron chi connectivity index (χ4n) is 7.79. The largest absolute Gasteiger partial charge is 0 e. The molecule has 0 aliphatic carbocycles. The van der Waals surface area contributed by atoms with Crippen LogP contribution in [-0.4, -0.2) is 27.8 Å². The molecule has 0 saturated carbocycles. The molecular weight excluding hydrogens is 1010 g/mol. The van der Waals surface area contributed by atoms with Gasteiger partial charge in [0.1, 0.15) is 0 Å². The number of hydrogen-bond acceptors (Lipinski definition) is 3. The number of rotatable bonds is 6. The normalized spacial score (nSPS) is 13.7. The van der Waals surface area contributed by atoms with Gasteiger partial charge in [-0.3, -0.25) is 4.98 Å². The molecule has 317 valence electrons. The Kier molecular flexibility index (Phi) is 11.2. The van der Waals surface area contributed by atoms with Crippen molar-refractivity contribution in [3.63, 3.8) is 0 Å². The molecule has 0 aliphatic rings. The van der Waals surface area contributed by atoms with E-state index in [1.807, 2.05) is 50.4 Å². The van der Waals surface area contributed by atoms with E-state index in [4.69, 9.17) is 11.8 Å². The standard InChI is InChI=1S/C36H29N2S.C20H28GeN.Ir/c1-23-17-19-26-27-13-10-14-28(34(27)39-33(26)21-23)35-37-30-15-8-9-16-32(30)38(35)31-20-18-25(36(2,3)4)22-29(31)24-11-6-5-7-12-24;1-15-8-10-16(11-9-15)19-12-17(13-20(2,3)4)18(14-22-19)21(5,6)7;/h5-13,15-22H,1-4H3;8-10,12,14H,13H2,1-7H3;/q2*-1;/i;1D3,13D2;. The van der Waals surface area contributed by atoms with E-state index in [0.29, 0.717) is 16.8 Å². The predicted octanol–water partition coefficient (Wildman–Crippen LogP) is 15.1. The quantitative estimate of drug-likeness (QED) is 0.123. The van der Waals surface area contributed by atoms with Crippen LogP contribution in [0.1, 0.15) is 70.7 Å². The fraction of sp³-hybridized carbons (Fsp3) is 0.250. The SMILES string of the molecule is Cc1ccc2c(c1)sc1c(-c3nc4ccccc4n3-c3ccc(C(C)(C)C)cc3-c3ccccc3)[c-]ccc12.[2H]C([2H])([2H])c1c[c-]c(-c2cc(C([2H])([2H])C(C)(C)C)[c]([Ge]([CH3])([CH3])[CH3])cn2)cc1.[Ir]. The summed E-state index contributed by atoms with van der Waals surface area (Å²) in [4.78, 5) is 9.81. The molecule has 0 unspecified atom stereocenters. The Hall–Kier alpha value is -4.65. The van der Waals surface area contributed by atoms with Gasteiger partial charge in [0.05, 0.1) is 16.9 Å². The summed E-state index contributed by atoms with van der Waals surface area (Å²) in [5.41, 5.74) is 10.9. The van der Waals surface area contributed by atoms with Gasteiger partial charge in [-0.05, 0) is 69.4 Å². The third kappa shape index (κ3) is 9.62. The molecular formula is C56H57GeIrN3S-2. The number of para-hydroxylation sites is 2. The Labute approximate surface area is 396 Å². The molecule has 0 N–H and O–H groups in total. The Morgan fingerprint density at radius 3 is 2.23 bits per heavy atom. The van der Waals surface area contributed by atoms with E-state index in [1.165, 1.54) is 48.5 Å². The monoisotopic (exact) mass is 1080 g/mol. The minimum absolute atomic E-state index is 0. The van der Waals surface area contributed by atoms with Crippen LogP contribution < -0.4 is 4.40 Å². The van der Waals surface area contributed by atoms with E-state index in [0.717, 1.165) is 32.5 Å². The summed E-state index contributed by atoms with van der Waals surface area (Å²) in [5, 5.41) is 2.55. The molecule has 62 heavy (non-hydrogen) atoms. The van der Waals surface area contributed by atoms with Gasteiger partial charge in [0, 0.05) is 36.1 Å². The second kappa shape index (κ2) is 17.8. The van der Waals surface area contributed by atoms with E-state index in [9.17, 15) is 0 Å². The van der Waals surface area contributed by atoms with Crippen molar-refractivity contribution in [3.05, 3.63) is 168 Å². The van der Waals surface area contributed by atoms with E-state index >= 15 is 0 Å². The van der Waals surface area contributed by atoms with Crippen LogP contribution in [0.3, 0.4) is 0 Å². The first-order chi connectivity index (χ1) is 30.9. The van der Waals surface area contributed by atoms with Crippen molar-refractivity contribution < 1.29 is 27.0 Å². The van der Waals surface area contributed by atoms with E-state index < -0.39 is 31.9 Å². The molecule has 3 heterocycles. The summed E-state index contributed by atoms with van der Waals surface area (Å²) < 4.78 is 46.0. The van der Waals surface area contributed by atoms with Crippen molar-refractivity contribution in [2.75, 3.05) is 0 Å². The molecule has 0 fully saturated rings. The van der Waals surface area contributed by atoms with Gasteiger partial charge in [0.15, 0.2) is 0 Å². The summed E-state index contributed by atoms with van der Waals surface area (Å²) >= 11 is -0.523. The summed E-state index contributed by atoms with van der Waals surface area (Å²) in [7, 11) is 0. The van der Waals surface area contributed by atoms with Crippen LogP contribution in [0.4, 0.5) is 0 Å². The second-order valence-electron chi connectivity index (χ2n) is 19.0. The van der Waals surface area contributed by atoms with E-state index in [1.54, 1.807) is 12.1 Å². The van der Waals surface area contributed by atoms with Gasteiger partial charge in [-0.15, -0.1) is 18.2 Å². The van der Waals surface area contributed by atoms with Crippen molar-refractivity contribution in [1.82, 2.24) is 14.5 Å². The zero-order valence-electron chi connectivity index (χ0n) is 42.3. The summed E-state index contributed by atoms with van der Waals surface area (Å²) in [6, 6.07) is 50.2. The summed E-state index contributed by atoms with van der Waals surface area (Å²) in [6.45, 7) is 12.5. The first-order valence-corrected chi connectivity index (χ1v) is 29.1. The van der Waals surface area contributed by atoms with Crippen LogP contribution in [-0.2, 0) is 31.9 Å². The smallest absolute Gasteiger partial charge is 0 e. The zero-order chi connectivity index (χ0) is 47.6. The molecule has 6 aromatic carbocycles. The third-order valence-corrected chi connectivity index (χ3v) is 16.3. The molecule has 0 bridgehead atoms. The number of imidazole rings is 1. The average Bonchev–Trinajstić information content (AvgIpc) is 3.83. The first kappa shape index (κ1) is 39.0. The minimum atomic E-state index is -2.36. The predicted molar refractivity (Wildman–Crippen MR) is 266 cm³/mol. The van der Waals surface area contributed by atoms with Gasteiger partial charge in [-0.1, -0.05) is 92.4 Å². The molecule has 3 aromatic heterocycles. The molecule has 9 rings (SSSR count). The van der Waals surface area contributed by atoms with Crippen LogP contribution >= 0.6 is 11.3 Å². The number of fused-ring (bicyclic) bond motifs is 4. The van der Waals surface area contributed by atoms with Gasteiger partial charge in [-0.25, -0.2) is 0 Å². The maximum atomic E-state index is 8.80. The Morgan fingerprint density at radius 2 is 1.53 bits per heavy atom. The Bertz CT molecular complexity index is 3230. The van der Waals surface area contributed by atoms with Crippen molar-refractivity contribution in [3.8, 4) is 39.5 Å². The van der Waals surface area contributed by atoms with Gasteiger partial charge in [0.25, 0.3) is 0 Å². The summed E-state index contributed by atoms with van der Waals surface area (Å²) in [6.07, 6.45) is 0.303. The summed E-state index contributed by atoms with van der Waals surface area (Å²) in [5.74, 6) is 7.62. The van der Waals surface area contributed by atoms with Crippen molar-refractivity contribution in [2.45, 2.75) is 84.4 Å². The topological polar surface area (TPSA) is 30.7 Å². The van der Waals surface area contributed by atoms with Gasteiger partial charge < -0.3 is 4.57 Å². The Balaban J connectivity index is 0.000000211. The number of nitrogens with zero attached hydrogens (tertiary/aromatic N) is 3. The Morgan fingerprint density at radius 1 is 0.790 bits per heavy atom. The van der Waals surface area contributed by atoms with Crippen LogP contribution in [0, 0.1) is 31.3 Å². The molecule has 0 spiro atoms. The molecule has 0 saturated heterocycles. The van der Waals surface area contributed by atoms with Gasteiger partial charge >= 0.3 is 145 Å². The number of benzene rings is 6. The third-order valence-electron chi connectivity index (χ3n) is 10.9. The first-order valence-electron chi connectivity index (χ1n) is 23.5. The number of aromatic nitrogens is 3. The van der Waals surface area contributed by atoms with Crippen LogP contribution in [0.5, 0.6) is 0 Å². The molecule has 3 nitrogen and oxygen atoms in total. The van der Waals surface area contributed by atoms with Crippen LogP contribution in [0.15, 0.2) is 134 Å². The van der Waals surface area contributed by atoms with Crippen molar-refractivity contribution >= 4 is 60.2 Å². The molecule has 0 aliphatic heterocycles. The van der Waals surface area contributed by atoms with Gasteiger partial charge in [-0.2, -0.15) is 11.3 Å². The average molecular weight is 1070 g/mol. The molecule has 6 heteroatoms. The molecule has 9 aromatic rings. The minimum Gasteiger partial charge on any atom is 0 e. The van der Waals surface area contributed by atoms with E-state index in [-0.39, 0.29) is 31.1 Å². The second-order valence-corrected chi connectivity index (χ2v) is 30.7. The van der Waals surface area contributed by atoms with E-state index in [2.05, 4.69) is 164 Å². The maximum Gasteiger partial charge on any atom is 0 e. The molecule has 0 amide bonds. The zero-order valence-corrected chi connectivity index (χ0v) is 42.6. The van der Waals surface area contributed by atoms with Crippen molar-refractivity contribution in [1.29, 1.82) is 0 Å². The number of aryl methyl sites for hydroxylation is 2. The number of pyridine rings is 1. The van der Waals surface area contributed by atoms with Gasteiger partial charge in [0.2, 0.25) is 0 Å². The molecule has 1 radical (unpaired) electrons. The number of hydrogen-bond donors (Lipinski definition) is 0. The molecule has 0 atom stereocenters.